The van der Waals surface area contributed by atoms with Gasteiger partial charge in [0.2, 0.25) is 0 Å². The summed E-state index contributed by atoms with van der Waals surface area (Å²) < 4.78 is 6.18. The molecule has 2 aromatic rings. The van der Waals surface area contributed by atoms with Gasteiger partial charge in [0.25, 0.3) is 11.7 Å². The van der Waals surface area contributed by atoms with Gasteiger partial charge >= 0.3 is 0 Å². The smallest absolute Gasteiger partial charge is 0.295 e. The number of halogens is 1. The summed E-state index contributed by atoms with van der Waals surface area (Å²) in [4.78, 5) is 29.4. The minimum absolute atomic E-state index is 0.0976. The highest BCUT2D eigenvalue weighted by Crippen LogP contribution is 2.40. The number of ether oxygens (including phenoxy) is 1. The fourth-order valence-electron chi connectivity index (χ4n) is 3.59. The second-order valence-corrected chi connectivity index (χ2v) is 8.35. The minimum Gasteiger partial charge on any atom is -0.507 e. The van der Waals surface area contributed by atoms with Gasteiger partial charge in [-0.15, -0.1) is 0 Å². The van der Waals surface area contributed by atoms with E-state index in [2.05, 4.69) is 15.9 Å². The lowest BCUT2D eigenvalue weighted by Gasteiger charge is -2.26. The zero-order chi connectivity index (χ0) is 21.8. The maximum absolute atomic E-state index is 13.0. The topological polar surface area (TPSA) is 70.1 Å². The Morgan fingerprint density at radius 2 is 1.87 bits per heavy atom. The molecule has 1 heterocycles. The Morgan fingerprint density at radius 3 is 2.50 bits per heavy atom. The number of rotatable bonds is 7. The number of likely N-dealkylation sites (tertiary alicyclic amines) is 1. The summed E-state index contributed by atoms with van der Waals surface area (Å²) in [5.41, 5.74) is 1.30. The number of methoxy groups -OCH3 is 1. The molecule has 6 nitrogen and oxygen atoms in total. The molecule has 1 atom stereocenters. The van der Waals surface area contributed by atoms with Crippen LogP contribution in [0.15, 0.2) is 58.6 Å². The third kappa shape index (κ3) is 4.57. The molecule has 0 radical (unpaired) electrons. The van der Waals surface area contributed by atoms with Crippen molar-refractivity contribution in [2.45, 2.75) is 12.5 Å². The molecule has 0 unspecified atom stereocenters. The summed E-state index contributed by atoms with van der Waals surface area (Å²) in [6.45, 7) is 1.18. The van der Waals surface area contributed by atoms with Crippen LogP contribution in [0.4, 0.5) is 0 Å². The van der Waals surface area contributed by atoms with Crippen LogP contribution in [0.5, 0.6) is 5.75 Å². The van der Waals surface area contributed by atoms with Crippen molar-refractivity contribution in [1.29, 1.82) is 0 Å². The Kier molecular flexibility index (Phi) is 6.95. The molecule has 0 bridgehead atoms. The first-order valence-electron chi connectivity index (χ1n) is 9.66. The number of benzene rings is 2. The van der Waals surface area contributed by atoms with Gasteiger partial charge in [0.05, 0.1) is 18.7 Å². The summed E-state index contributed by atoms with van der Waals surface area (Å²) in [5, 5.41) is 11.0. The molecule has 1 fully saturated rings. The molecule has 0 saturated carbocycles. The maximum Gasteiger partial charge on any atom is 0.295 e. The van der Waals surface area contributed by atoms with Gasteiger partial charge in [-0.1, -0.05) is 40.2 Å². The first-order valence-corrected chi connectivity index (χ1v) is 10.5. The Hall–Kier alpha value is -2.64. The van der Waals surface area contributed by atoms with Gasteiger partial charge in [0.1, 0.15) is 11.5 Å². The van der Waals surface area contributed by atoms with E-state index in [-0.39, 0.29) is 11.3 Å². The van der Waals surface area contributed by atoms with Crippen molar-refractivity contribution < 1.29 is 19.4 Å². The lowest BCUT2D eigenvalue weighted by molar-refractivity contribution is -0.139. The van der Waals surface area contributed by atoms with Crippen molar-refractivity contribution in [3.63, 3.8) is 0 Å². The Labute approximate surface area is 184 Å². The van der Waals surface area contributed by atoms with Crippen LogP contribution in [0.25, 0.3) is 5.76 Å². The van der Waals surface area contributed by atoms with Crippen molar-refractivity contribution in [1.82, 2.24) is 9.80 Å². The van der Waals surface area contributed by atoms with Crippen molar-refractivity contribution >= 4 is 33.4 Å². The van der Waals surface area contributed by atoms with Crippen LogP contribution in [0.1, 0.15) is 23.6 Å². The summed E-state index contributed by atoms with van der Waals surface area (Å²) in [7, 11) is 5.48. The molecule has 1 amide bonds. The molecule has 3 rings (SSSR count). The molecule has 7 heteroatoms. The average molecular weight is 473 g/mol. The Morgan fingerprint density at radius 1 is 1.17 bits per heavy atom. The highest BCUT2D eigenvalue weighted by atomic mass is 79.9. The fraction of sp³-hybridized carbons (Fsp3) is 0.304. The lowest BCUT2D eigenvalue weighted by Crippen LogP contribution is -2.32. The molecule has 1 N–H and O–H groups in total. The number of carbonyl (C=O) groups excluding carboxylic acids is 2. The first-order chi connectivity index (χ1) is 14.3. The third-order valence-electron chi connectivity index (χ3n) is 5.07. The highest BCUT2D eigenvalue weighted by molar-refractivity contribution is 9.10. The number of aliphatic hydroxyl groups excluding tert-OH is 1. The number of Topliss-reactive ketones (excluding diaryl/α,β-unsaturated/α-hetero) is 1. The first kappa shape index (κ1) is 22.1. The van der Waals surface area contributed by atoms with E-state index >= 15 is 0 Å². The third-order valence-corrected chi connectivity index (χ3v) is 5.60. The number of aliphatic hydroxyl groups is 1. The Bertz CT molecular complexity index is 969. The van der Waals surface area contributed by atoms with E-state index < -0.39 is 17.7 Å². The highest BCUT2D eigenvalue weighted by Gasteiger charge is 2.45. The van der Waals surface area contributed by atoms with Gasteiger partial charge in [0.15, 0.2) is 0 Å². The van der Waals surface area contributed by atoms with Crippen molar-refractivity contribution in [2.24, 2.45) is 0 Å². The monoisotopic (exact) mass is 472 g/mol. The second kappa shape index (κ2) is 9.45. The van der Waals surface area contributed by atoms with E-state index in [9.17, 15) is 14.7 Å². The largest absolute Gasteiger partial charge is 0.507 e. The number of hydrogen-bond donors (Lipinski definition) is 1. The van der Waals surface area contributed by atoms with E-state index in [1.165, 1.54) is 0 Å². The lowest BCUT2D eigenvalue weighted by atomic mass is 9.95. The standard InChI is InChI=1S/C23H25BrN2O4/c1-25(2)12-5-13-26-20(16-6-4-7-18(14-16)30-3)19(22(28)23(26)29)21(27)15-8-10-17(24)11-9-15/h4,6-11,14,20,27H,5,12-13H2,1-3H3/t20-/m1/s1. The summed E-state index contributed by atoms with van der Waals surface area (Å²) in [6, 6.07) is 13.6. The summed E-state index contributed by atoms with van der Waals surface area (Å²) in [5.74, 6) is -0.827. The van der Waals surface area contributed by atoms with Crippen molar-refractivity contribution in [2.75, 3.05) is 34.3 Å². The molecule has 1 aliphatic rings. The van der Waals surface area contributed by atoms with Crippen LogP contribution >= 0.6 is 15.9 Å². The summed E-state index contributed by atoms with van der Waals surface area (Å²) >= 11 is 3.37. The van der Waals surface area contributed by atoms with E-state index in [4.69, 9.17) is 4.74 Å². The molecule has 30 heavy (non-hydrogen) atoms. The Balaban J connectivity index is 2.10. The maximum atomic E-state index is 13.0. The van der Waals surface area contributed by atoms with Gasteiger partial charge in [0, 0.05) is 16.6 Å². The van der Waals surface area contributed by atoms with Crippen LogP contribution in [0, 0.1) is 0 Å². The van der Waals surface area contributed by atoms with E-state index in [1.807, 2.05) is 31.1 Å². The predicted molar refractivity (Wildman–Crippen MR) is 119 cm³/mol. The van der Waals surface area contributed by atoms with Crippen LogP contribution in [0.3, 0.4) is 0 Å². The van der Waals surface area contributed by atoms with Gasteiger partial charge < -0.3 is 19.6 Å². The molecule has 158 valence electrons. The molecule has 0 spiro atoms. The predicted octanol–water partition coefficient (Wildman–Crippen LogP) is 3.83. The molecule has 0 aliphatic carbocycles. The fourth-order valence-corrected chi connectivity index (χ4v) is 3.85. The zero-order valence-corrected chi connectivity index (χ0v) is 18.8. The van der Waals surface area contributed by atoms with Crippen molar-refractivity contribution in [3.8, 4) is 5.75 Å². The van der Waals surface area contributed by atoms with Crippen LogP contribution in [-0.2, 0) is 9.59 Å². The van der Waals surface area contributed by atoms with Gasteiger partial charge in [-0.25, -0.2) is 0 Å². The zero-order valence-electron chi connectivity index (χ0n) is 17.3. The number of carbonyl (C=O) groups is 2. The van der Waals surface area contributed by atoms with Crippen LogP contribution in [0.2, 0.25) is 0 Å². The van der Waals surface area contributed by atoms with Crippen LogP contribution in [-0.4, -0.2) is 60.9 Å². The molecule has 1 saturated heterocycles. The van der Waals surface area contributed by atoms with Gasteiger partial charge in [-0.05, 0) is 56.9 Å². The van der Waals surface area contributed by atoms with Crippen molar-refractivity contribution in [3.05, 3.63) is 69.7 Å². The average Bonchev–Trinajstić information content (AvgIpc) is 2.98. The molecule has 1 aliphatic heterocycles. The number of nitrogens with zero attached hydrogens (tertiary/aromatic N) is 2. The number of hydrogen-bond acceptors (Lipinski definition) is 5. The van der Waals surface area contributed by atoms with Crippen LogP contribution < -0.4 is 4.74 Å². The van der Waals surface area contributed by atoms with Gasteiger partial charge in [-0.2, -0.15) is 0 Å². The molecule has 2 aromatic carbocycles. The van der Waals surface area contributed by atoms with E-state index in [0.29, 0.717) is 24.3 Å². The van der Waals surface area contributed by atoms with Gasteiger partial charge in [-0.3, -0.25) is 9.59 Å². The quantitative estimate of drug-likeness (QED) is 0.376. The second-order valence-electron chi connectivity index (χ2n) is 7.43. The molecule has 0 aromatic heterocycles. The van der Waals surface area contributed by atoms with E-state index in [1.54, 1.807) is 48.4 Å². The number of amides is 1. The normalized spacial score (nSPS) is 18.3. The molecular formula is C23H25BrN2O4. The van der Waals surface area contributed by atoms with E-state index in [0.717, 1.165) is 16.6 Å². The number of ketones is 1. The minimum atomic E-state index is -0.675. The SMILES string of the molecule is COc1cccc([C@@H]2C(=C(O)c3ccc(Br)cc3)C(=O)C(=O)N2CCCN(C)C)c1. The summed E-state index contributed by atoms with van der Waals surface area (Å²) in [6.07, 6.45) is 0.707. The molecular weight excluding hydrogens is 448 g/mol.